The van der Waals surface area contributed by atoms with E-state index in [1.165, 1.54) is 7.11 Å². The number of nitrogens with zero attached hydrogens (tertiary/aromatic N) is 1. The van der Waals surface area contributed by atoms with E-state index in [-0.39, 0.29) is 23.3 Å². The van der Waals surface area contributed by atoms with Crippen molar-refractivity contribution in [2.24, 2.45) is 5.41 Å². The van der Waals surface area contributed by atoms with Gasteiger partial charge < -0.3 is 15.0 Å². The molecule has 1 saturated carbocycles. The van der Waals surface area contributed by atoms with Gasteiger partial charge in [-0.3, -0.25) is 4.79 Å². The maximum Gasteiger partial charge on any atom is 0.338 e. The van der Waals surface area contributed by atoms with E-state index in [4.69, 9.17) is 16.3 Å². The van der Waals surface area contributed by atoms with Crippen LogP contribution in [0.3, 0.4) is 0 Å². The summed E-state index contributed by atoms with van der Waals surface area (Å²) in [5.74, 6) is -0.205. The summed E-state index contributed by atoms with van der Waals surface area (Å²) in [5.41, 5.74) is 2.57. The molecule has 1 aliphatic rings. The lowest BCUT2D eigenvalue weighted by atomic mass is 9.88. The Morgan fingerprint density at radius 1 is 1.20 bits per heavy atom. The minimum absolute atomic E-state index is 0.161. The first kappa shape index (κ1) is 24.5. The fourth-order valence-electron chi connectivity index (χ4n) is 4.23. The lowest BCUT2D eigenvalue weighted by Crippen LogP contribution is -2.44. The molecule has 0 unspecified atom stereocenters. The highest BCUT2D eigenvalue weighted by atomic mass is 35.5. The monoisotopic (exact) mass is 436 g/mol. The number of ether oxygens (including phenoxy) is 1. The van der Waals surface area contributed by atoms with E-state index in [2.05, 4.69) is 37.9 Å². The average Bonchev–Trinajstić information content (AvgIpc) is 2.69. The molecule has 2 rings (SSSR count). The molecule has 1 amide bonds. The van der Waals surface area contributed by atoms with Gasteiger partial charge in [-0.25, -0.2) is 4.79 Å². The molecule has 0 bridgehead atoms. The molecular weight excluding hydrogens is 400 g/mol. The molecule has 1 N–H and O–H groups in total. The lowest BCUT2D eigenvalue weighted by molar-refractivity contribution is -0.122. The van der Waals surface area contributed by atoms with Crippen molar-refractivity contribution >= 4 is 29.2 Å². The molecule has 1 aromatic carbocycles. The van der Waals surface area contributed by atoms with Crippen LogP contribution in [-0.4, -0.2) is 37.6 Å². The van der Waals surface area contributed by atoms with Gasteiger partial charge in [0, 0.05) is 35.8 Å². The van der Waals surface area contributed by atoms with Crippen molar-refractivity contribution < 1.29 is 14.3 Å². The van der Waals surface area contributed by atoms with Crippen molar-refractivity contribution in [3.63, 3.8) is 0 Å². The average molecular weight is 437 g/mol. The van der Waals surface area contributed by atoms with E-state index in [1.807, 2.05) is 13.0 Å². The van der Waals surface area contributed by atoms with Gasteiger partial charge in [0.2, 0.25) is 5.91 Å². The van der Waals surface area contributed by atoms with Crippen molar-refractivity contribution in [1.29, 1.82) is 0 Å². The highest BCUT2D eigenvalue weighted by Crippen LogP contribution is 2.33. The zero-order valence-electron chi connectivity index (χ0n) is 19.3. The number of carbonyl (C=O) groups is 2. The molecule has 0 saturated heterocycles. The minimum Gasteiger partial charge on any atom is -0.465 e. The number of anilines is 1. The second-order valence-electron chi connectivity index (χ2n) is 9.51. The number of halogens is 1. The Balaban J connectivity index is 2.03. The summed E-state index contributed by atoms with van der Waals surface area (Å²) >= 11 is 6.32. The Morgan fingerprint density at radius 3 is 2.37 bits per heavy atom. The Kier molecular flexibility index (Phi) is 8.60. The van der Waals surface area contributed by atoms with Crippen LogP contribution in [0.4, 0.5) is 5.69 Å². The van der Waals surface area contributed by atoms with E-state index < -0.39 is 0 Å². The molecule has 1 aromatic rings. The summed E-state index contributed by atoms with van der Waals surface area (Å²) in [6, 6.07) is 4.22. The fraction of sp³-hybridized carbons (Fsp3) is 0.667. The summed E-state index contributed by atoms with van der Waals surface area (Å²) in [6.45, 7) is 11.4. The van der Waals surface area contributed by atoms with E-state index in [9.17, 15) is 9.59 Å². The Hall–Kier alpha value is -1.75. The van der Waals surface area contributed by atoms with Crippen LogP contribution in [0.2, 0.25) is 5.02 Å². The zero-order valence-corrected chi connectivity index (χ0v) is 20.1. The first-order valence-corrected chi connectivity index (χ1v) is 11.4. The molecule has 0 heterocycles. The SMILES string of the molecule is CCN(c1cc(Cl)cc(C(=O)OC)c1C)C1CCC(NC(=O)CCC(C)(C)C)CC1. The summed E-state index contributed by atoms with van der Waals surface area (Å²) in [6.07, 6.45) is 5.41. The molecule has 1 fully saturated rings. The van der Waals surface area contributed by atoms with Gasteiger partial charge in [-0.15, -0.1) is 0 Å². The Labute approximate surface area is 186 Å². The van der Waals surface area contributed by atoms with Crippen LogP contribution in [0, 0.1) is 12.3 Å². The highest BCUT2D eigenvalue weighted by molar-refractivity contribution is 6.31. The molecule has 0 aliphatic heterocycles. The van der Waals surface area contributed by atoms with Gasteiger partial charge >= 0.3 is 5.97 Å². The van der Waals surface area contributed by atoms with Crippen molar-refractivity contribution in [3.05, 3.63) is 28.3 Å². The Bertz CT molecular complexity index is 750. The normalized spacial score (nSPS) is 19.3. The van der Waals surface area contributed by atoms with Gasteiger partial charge in [-0.05, 0) is 69.1 Å². The van der Waals surface area contributed by atoms with Gasteiger partial charge in [0.25, 0.3) is 0 Å². The number of carbonyl (C=O) groups excluding carboxylic acids is 2. The first-order chi connectivity index (χ1) is 14.1. The molecule has 0 radical (unpaired) electrons. The number of amides is 1. The number of hydrogen-bond acceptors (Lipinski definition) is 4. The molecule has 168 valence electrons. The number of esters is 1. The summed E-state index contributed by atoms with van der Waals surface area (Å²) < 4.78 is 4.92. The van der Waals surface area contributed by atoms with E-state index in [0.717, 1.165) is 49.9 Å². The lowest BCUT2D eigenvalue weighted by Gasteiger charge is -2.39. The number of hydrogen-bond donors (Lipinski definition) is 1. The zero-order chi connectivity index (χ0) is 22.5. The topological polar surface area (TPSA) is 58.6 Å². The molecule has 1 aliphatic carbocycles. The number of nitrogens with one attached hydrogen (secondary N) is 1. The van der Waals surface area contributed by atoms with Crippen molar-refractivity contribution in [1.82, 2.24) is 5.32 Å². The molecule has 0 atom stereocenters. The third kappa shape index (κ3) is 6.63. The predicted octanol–water partition coefficient (Wildman–Crippen LogP) is 5.52. The van der Waals surface area contributed by atoms with Gasteiger partial charge in [-0.1, -0.05) is 32.4 Å². The molecular formula is C24H37ClN2O3. The summed E-state index contributed by atoms with van der Waals surface area (Å²) in [5, 5.41) is 3.76. The van der Waals surface area contributed by atoms with Gasteiger partial charge in [0.05, 0.1) is 12.7 Å². The number of methoxy groups -OCH3 is 1. The fourth-order valence-corrected chi connectivity index (χ4v) is 4.44. The molecule has 0 spiro atoms. The predicted molar refractivity (Wildman–Crippen MR) is 123 cm³/mol. The maximum absolute atomic E-state index is 12.3. The molecule has 30 heavy (non-hydrogen) atoms. The maximum atomic E-state index is 12.3. The van der Waals surface area contributed by atoms with Crippen LogP contribution >= 0.6 is 11.6 Å². The van der Waals surface area contributed by atoms with Crippen molar-refractivity contribution in [3.8, 4) is 0 Å². The summed E-state index contributed by atoms with van der Waals surface area (Å²) in [4.78, 5) is 26.8. The van der Waals surface area contributed by atoms with Crippen LogP contribution < -0.4 is 10.2 Å². The second-order valence-corrected chi connectivity index (χ2v) is 9.95. The van der Waals surface area contributed by atoms with Crippen LogP contribution in [0.1, 0.15) is 82.1 Å². The minimum atomic E-state index is -0.367. The van der Waals surface area contributed by atoms with Crippen LogP contribution in [-0.2, 0) is 9.53 Å². The smallest absolute Gasteiger partial charge is 0.338 e. The number of rotatable bonds is 7. The van der Waals surface area contributed by atoms with Crippen molar-refractivity contribution in [2.75, 3.05) is 18.6 Å². The highest BCUT2D eigenvalue weighted by Gasteiger charge is 2.28. The molecule has 0 aromatic heterocycles. The largest absolute Gasteiger partial charge is 0.465 e. The van der Waals surface area contributed by atoms with Crippen LogP contribution in [0.5, 0.6) is 0 Å². The third-order valence-corrected chi connectivity index (χ3v) is 6.22. The molecule has 5 nitrogen and oxygen atoms in total. The summed E-state index contributed by atoms with van der Waals surface area (Å²) in [7, 11) is 1.39. The van der Waals surface area contributed by atoms with Gasteiger partial charge in [0.15, 0.2) is 0 Å². The van der Waals surface area contributed by atoms with E-state index in [1.54, 1.807) is 6.07 Å². The van der Waals surface area contributed by atoms with Gasteiger partial charge in [-0.2, -0.15) is 0 Å². The van der Waals surface area contributed by atoms with Crippen molar-refractivity contribution in [2.45, 2.75) is 85.2 Å². The second kappa shape index (κ2) is 10.5. The standard InChI is InChI=1S/C24H37ClN2O3/c1-7-27(21-15-17(25)14-20(16(21)2)23(29)30-6)19-10-8-18(9-11-19)26-22(28)12-13-24(3,4)5/h14-15,18-19H,7-13H2,1-6H3,(H,26,28). The quantitative estimate of drug-likeness (QED) is 0.572. The van der Waals surface area contributed by atoms with Crippen LogP contribution in [0.15, 0.2) is 12.1 Å². The van der Waals surface area contributed by atoms with Gasteiger partial charge in [0.1, 0.15) is 0 Å². The number of benzene rings is 1. The molecule has 6 heteroatoms. The van der Waals surface area contributed by atoms with E-state index >= 15 is 0 Å². The van der Waals surface area contributed by atoms with Crippen LogP contribution in [0.25, 0.3) is 0 Å². The van der Waals surface area contributed by atoms with E-state index in [0.29, 0.717) is 23.0 Å². The Morgan fingerprint density at radius 2 is 1.83 bits per heavy atom. The third-order valence-electron chi connectivity index (χ3n) is 6.01. The first-order valence-electron chi connectivity index (χ1n) is 11.0.